The van der Waals surface area contributed by atoms with Crippen LogP contribution in [-0.4, -0.2) is 20.7 Å². The maximum absolute atomic E-state index is 12.4. The Labute approximate surface area is 133 Å². The molecule has 8 nitrogen and oxygen atoms in total. The SMILES string of the molecule is CCn1c(=O)n(CC)c2cc(N/N=C(\C#N)C(=N)N)c(C)cc21. The number of nitrogens with zero attached hydrogens (tertiary/aromatic N) is 4. The van der Waals surface area contributed by atoms with Crippen LogP contribution in [0.2, 0.25) is 0 Å². The van der Waals surface area contributed by atoms with Crippen LogP contribution < -0.4 is 16.8 Å². The number of nitrogens with one attached hydrogen (secondary N) is 2. The van der Waals surface area contributed by atoms with E-state index >= 15 is 0 Å². The van der Waals surface area contributed by atoms with Crippen LogP contribution in [0.15, 0.2) is 22.0 Å². The standard InChI is InChI=1S/C15H19N7O/c1-4-21-12-6-9(3)10(19-20-11(8-16)14(17)18)7-13(12)22(5-2)15(21)23/h6-7,19H,4-5H2,1-3H3,(H3,17,18)/b20-11+. The van der Waals surface area contributed by atoms with E-state index in [1.807, 2.05) is 32.9 Å². The molecular weight excluding hydrogens is 294 g/mol. The van der Waals surface area contributed by atoms with Crippen LogP contribution in [0.5, 0.6) is 0 Å². The number of fused-ring (bicyclic) bond motifs is 1. The summed E-state index contributed by atoms with van der Waals surface area (Å²) < 4.78 is 3.40. The van der Waals surface area contributed by atoms with Crippen molar-refractivity contribution in [2.45, 2.75) is 33.9 Å². The molecule has 1 aromatic carbocycles. The number of benzene rings is 1. The Kier molecular flexibility index (Phi) is 4.50. The van der Waals surface area contributed by atoms with E-state index in [0.29, 0.717) is 18.8 Å². The van der Waals surface area contributed by atoms with Crippen LogP contribution in [0.3, 0.4) is 0 Å². The van der Waals surface area contributed by atoms with Crippen molar-refractivity contribution in [1.29, 1.82) is 10.7 Å². The van der Waals surface area contributed by atoms with E-state index in [4.69, 9.17) is 16.4 Å². The average molecular weight is 313 g/mol. The molecule has 0 radical (unpaired) electrons. The molecule has 1 aromatic heterocycles. The Bertz CT molecular complexity index is 895. The summed E-state index contributed by atoms with van der Waals surface area (Å²) in [6.07, 6.45) is 0. The van der Waals surface area contributed by atoms with Crippen molar-refractivity contribution in [2.75, 3.05) is 5.43 Å². The first-order chi connectivity index (χ1) is 10.9. The smallest absolute Gasteiger partial charge is 0.329 e. The van der Waals surface area contributed by atoms with Crippen molar-refractivity contribution in [3.63, 3.8) is 0 Å². The van der Waals surface area contributed by atoms with Crippen molar-refractivity contribution < 1.29 is 0 Å². The van der Waals surface area contributed by atoms with Gasteiger partial charge in [0.15, 0.2) is 5.84 Å². The summed E-state index contributed by atoms with van der Waals surface area (Å²) in [7, 11) is 0. The van der Waals surface area contributed by atoms with E-state index in [-0.39, 0.29) is 11.4 Å². The molecule has 0 saturated carbocycles. The highest BCUT2D eigenvalue weighted by Crippen LogP contribution is 2.23. The molecule has 0 bridgehead atoms. The Balaban J connectivity index is 2.60. The van der Waals surface area contributed by atoms with Gasteiger partial charge in [-0.1, -0.05) is 0 Å². The summed E-state index contributed by atoms with van der Waals surface area (Å²) in [5, 5.41) is 20.0. The third-order valence-electron chi connectivity index (χ3n) is 3.65. The first-order valence-electron chi connectivity index (χ1n) is 7.26. The molecule has 2 aromatic rings. The van der Waals surface area contributed by atoms with Crippen LogP contribution in [-0.2, 0) is 13.1 Å². The topological polar surface area (TPSA) is 125 Å². The third kappa shape index (κ3) is 2.81. The maximum Gasteiger partial charge on any atom is 0.329 e. The summed E-state index contributed by atoms with van der Waals surface area (Å²) in [4.78, 5) is 12.4. The molecule has 2 rings (SSSR count). The number of hydrazone groups is 1. The van der Waals surface area contributed by atoms with Gasteiger partial charge >= 0.3 is 5.69 Å². The molecule has 8 heteroatoms. The quantitative estimate of drug-likeness (QED) is 0.438. The second-order valence-electron chi connectivity index (χ2n) is 5.02. The van der Waals surface area contributed by atoms with Gasteiger partial charge in [0.1, 0.15) is 6.07 Å². The molecule has 1 heterocycles. The van der Waals surface area contributed by atoms with Gasteiger partial charge in [-0.25, -0.2) is 4.79 Å². The van der Waals surface area contributed by atoms with Crippen molar-refractivity contribution in [3.05, 3.63) is 28.2 Å². The summed E-state index contributed by atoms with van der Waals surface area (Å²) in [5.41, 5.74) is 11.0. The molecule has 0 unspecified atom stereocenters. The number of amidine groups is 1. The van der Waals surface area contributed by atoms with Gasteiger partial charge in [-0.05, 0) is 38.5 Å². The third-order valence-corrected chi connectivity index (χ3v) is 3.65. The molecule has 4 N–H and O–H groups in total. The second-order valence-corrected chi connectivity index (χ2v) is 5.02. The van der Waals surface area contributed by atoms with Gasteiger partial charge in [0.2, 0.25) is 5.71 Å². The number of nitriles is 1. The lowest BCUT2D eigenvalue weighted by atomic mass is 10.1. The van der Waals surface area contributed by atoms with Crippen LogP contribution in [0.25, 0.3) is 11.0 Å². The Hall–Kier alpha value is -3.08. The predicted octanol–water partition coefficient (Wildman–Crippen LogP) is 1.38. The number of anilines is 1. The second kappa shape index (κ2) is 6.36. The molecule has 0 amide bonds. The molecule has 0 atom stereocenters. The molecule has 0 saturated heterocycles. The van der Waals surface area contributed by atoms with E-state index in [0.717, 1.165) is 16.6 Å². The minimum absolute atomic E-state index is 0.0495. The zero-order chi connectivity index (χ0) is 17.1. The number of nitrogens with two attached hydrogens (primary N) is 1. The molecule has 120 valence electrons. The van der Waals surface area contributed by atoms with Gasteiger partial charge in [-0.3, -0.25) is 20.0 Å². The van der Waals surface area contributed by atoms with E-state index in [1.165, 1.54) is 0 Å². The zero-order valence-electron chi connectivity index (χ0n) is 13.3. The van der Waals surface area contributed by atoms with Gasteiger partial charge in [0.25, 0.3) is 0 Å². The number of imidazole rings is 1. The van der Waals surface area contributed by atoms with Crippen LogP contribution in [0.1, 0.15) is 19.4 Å². The van der Waals surface area contributed by atoms with Crippen molar-refractivity contribution in [3.8, 4) is 6.07 Å². The Morgan fingerprint density at radius 1 is 1.35 bits per heavy atom. The lowest BCUT2D eigenvalue weighted by molar-refractivity contribution is 0.671. The van der Waals surface area contributed by atoms with E-state index < -0.39 is 5.84 Å². The highest BCUT2D eigenvalue weighted by atomic mass is 16.1. The first-order valence-corrected chi connectivity index (χ1v) is 7.26. The Morgan fingerprint density at radius 2 is 1.91 bits per heavy atom. The minimum atomic E-state index is -0.402. The fourth-order valence-corrected chi connectivity index (χ4v) is 2.46. The number of hydrogen-bond donors (Lipinski definition) is 3. The number of aromatic nitrogens is 2. The zero-order valence-corrected chi connectivity index (χ0v) is 13.3. The number of rotatable bonds is 5. The van der Waals surface area contributed by atoms with Gasteiger partial charge in [0, 0.05) is 13.1 Å². The Morgan fingerprint density at radius 3 is 2.39 bits per heavy atom. The molecule has 0 spiro atoms. The summed E-state index contributed by atoms with van der Waals surface area (Å²) >= 11 is 0. The van der Waals surface area contributed by atoms with E-state index in [1.54, 1.807) is 15.2 Å². The van der Waals surface area contributed by atoms with Gasteiger partial charge in [-0.2, -0.15) is 10.4 Å². The van der Waals surface area contributed by atoms with Gasteiger partial charge < -0.3 is 5.73 Å². The molecule has 0 fully saturated rings. The van der Waals surface area contributed by atoms with Crippen LogP contribution in [0.4, 0.5) is 5.69 Å². The highest BCUT2D eigenvalue weighted by molar-refractivity contribution is 6.45. The van der Waals surface area contributed by atoms with Gasteiger partial charge in [0.05, 0.1) is 16.7 Å². The molecular formula is C15H19N7O. The molecule has 0 aliphatic carbocycles. The van der Waals surface area contributed by atoms with E-state index in [9.17, 15) is 4.79 Å². The first kappa shape index (κ1) is 16.3. The summed E-state index contributed by atoms with van der Waals surface area (Å²) in [5.74, 6) is -0.402. The molecule has 0 aliphatic heterocycles. The van der Waals surface area contributed by atoms with Gasteiger partial charge in [-0.15, -0.1) is 0 Å². The number of aryl methyl sites for hydroxylation is 3. The summed E-state index contributed by atoms with van der Waals surface area (Å²) in [6, 6.07) is 5.48. The van der Waals surface area contributed by atoms with E-state index in [2.05, 4.69) is 10.5 Å². The summed E-state index contributed by atoms with van der Waals surface area (Å²) in [6.45, 7) is 6.87. The van der Waals surface area contributed by atoms with Crippen molar-refractivity contribution in [1.82, 2.24) is 9.13 Å². The molecule has 0 aliphatic rings. The molecule has 23 heavy (non-hydrogen) atoms. The average Bonchev–Trinajstić information content (AvgIpc) is 2.77. The normalized spacial score (nSPS) is 11.5. The number of hydrogen-bond acceptors (Lipinski definition) is 5. The predicted molar refractivity (Wildman–Crippen MR) is 90.9 cm³/mol. The van der Waals surface area contributed by atoms with Crippen LogP contribution >= 0.6 is 0 Å². The lowest BCUT2D eigenvalue weighted by Gasteiger charge is -2.08. The fourth-order valence-electron chi connectivity index (χ4n) is 2.46. The monoisotopic (exact) mass is 313 g/mol. The maximum atomic E-state index is 12.4. The van der Waals surface area contributed by atoms with Crippen molar-refractivity contribution >= 4 is 28.3 Å². The van der Waals surface area contributed by atoms with Crippen LogP contribution in [0, 0.1) is 23.7 Å². The lowest BCUT2D eigenvalue weighted by Crippen LogP contribution is -2.23. The highest BCUT2D eigenvalue weighted by Gasteiger charge is 2.13. The fraction of sp³-hybridized carbons (Fsp3) is 0.333. The van der Waals surface area contributed by atoms with Crippen molar-refractivity contribution in [2.24, 2.45) is 10.8 Å². The largest absolute Gasteiger partial charge is 0.382 e. The minimum Gasteiger partial charge on any atom is -0.382 e.